The molecule has 0 spiro atoms. The second kappa shape index (κ2) is 7.23. The van der Waals surface area contributed by atoms with Crippen molar-refractivity contribution >= 4 is 14.5 Å². The summed E-state index contributed by atoms with van der Waals surface area (Å²) >= 11 is 0. The van der Waals surface area contributed by atoms with Crippen LogP contribution < -0.4 is 0 Å². The van der Waals surface area contributed by atoms with E-state index in [2.05, 4.69) is 125 Å². The first-order valence-corrected chi connectivity index (χ1v) is 15.6. The van der Waals surface area contributed by atoms with Crippen molar-refractivity contribution in [2.24, 2.45) is 0 Å². The predicted octanol–water partition coefficient (Wildman–Crippen LogP) is 9.23. The maximum absolute atomic E-state index is 2.57. The Morgan fingerprint density at radius 1 is 0.296 bits per heavy atom. The van der Waals surface area contributed by atoms with Gasteiger partial charge in [-0.25, -0.2) is 0 Å². The van der Waals surface area contributed by atoms with E-state index in [1.165, 1.54) is 5.90 Å². The molecule has 0 heterocycles. The van der Waals surface area contributed by atoms with E-state index in [1.807, 2.05) is 0 Å². The normalized spacial score (nSPS) is 17.9. The Morgan fingerprint density at radius 2 is 0.407 bits per heavy atom. The molecule has 0 aromatic rings. The van der Waals surface area contributed by atoms with E-state index in [0.717, 1.165) is 0 Å². The van der Waals surface area contributed by atoms with Gasteiger partial charge < -0.3 is 0 Å². The van der Waals surface area contributed by atoms with Gasteiger partial charge in [-0.05, 0) is 0 Å². The predicted molar refractivity (Wildman–Crippen MR) is 140 cm³/mol. The number of rotatable bonds is 2. The average Bonchev–Trinajstić information content (AvgIpc) is 2.16. The molecule has 0 fully saturated rings. The monoisotopic (exact) mass is 420 g/mol. The van der Waals surface area contributed by atoms with E-state index in [-0.39, 0.29) is 0 Å². The van der Waals surface area contributed by atoms with Crippen LogP contribution in [0.15, 0.2) is 0 Å². The second-order valence-corrected chi connectivity index (χ2v) is 29.5. The molecule has 0 bridgehead atoms. The standard InChI is InChI=1S/C25H58P2/c1-20(2,3)26(21(4,5)6,22(7,8)9)19-27(23(10,11)12,24(13,14)15)25(16,17)18/h26-27H,19H2,1-18H3. The Bertz CT molecular complexity index is 379. The summed E-state index contributed by atoms with van der Waals surface area (Å²) in [7, 11) is -3.61. The molecule has 0 aliphatic rings. The first-order chi connectivity index (χ1) is 11.2. The van der Waals surface area contributed by atoms with Crippen molar-refractivity contribution in [2.45, 2.75) is 156 Å². The molecule has 0 amide bonds. The molecule has 0 aromatic carbocycles. The van der Waals surface area contributed by atoms with Crippen LogP contribution in [-0.4, -0.2) is 36.8 Å². The molecule has 0 radical (unpaired) electrons. The molecule has 0 aliphatic carbocycles. The Hall–Kier alpha value is 0.860. The molecule has 0 aliphatic heterocycles. The maximum atomic E-state index is 2.57. The van der Waals surface area contributed by atoms with Gasteiger partial charge in [0.05, 0.1) is 0 Å². The van der Waals surface area contributed by atoms with Crippen LogP contribution in [-0.2, 0) is 0 Å². The van der Waals surface area contributed by atoms with Crippen LogP contribution in [0.1, 0.15) is 125 Å². The summed E-state index contributed by atoms with van der Waals surface area (Å²) in [4.78, 5) is 0. The van der Waals surface area contributed by atoms with Crippen molar-refractivity contribution in [1.82, 2.24) is 0 Å². The molecular formula is C25H58P2. The van der Waals surface area contributed by atoms with E-state index in [9.17, 15) is 0 Å². The summed E-state index contributed by atoms with van der Waals surface area (Å²) in [6.07, 6.45) is 0. The molecule has 168 valence electrons. The Kier molecular flexibility index (Phi) is 7.46. The minimum atomic E-state index is -1.80. The van der Waals surface area contributed by atoms with Crippen molar-refractivity contribution in [3.8, 4) is 0 Å². The second-order valence-electron chi connectivity index (χ2n) is 15.5. The van der Waals surface area contributed by atoms with Gasteiger partial charge in [0.2, 0.25) is 0 Å². The molecule has 0 N–H and O–H groups in total. The zero-order valence-electron chi connectivity index (χ0n) is 22.7. The van der Waals surface area contributed by atoms with Crippen LogP contribution in [0.5, 0.6) is 0 Å². The van der Waals surface area contributed by atoms with Crippen molar-refractivity contribution in [3.63, 3.8) is 0 Å². The molecule has 0 rings (SSSR count). The number of hydrogen-bond donors (Lipinski definition) is 0. The SMILES string of the molecule is CC(C)(C)[PH](C[PH](C(C)(C)C)(C(C)(C)C)C(C)(C)C)(C(C)(C)C)C(C)(C)C. The summed E-state index contributed by atoms with van der Waals surface area (Å²) in [6, 6.07) is 0. The van der Waals surface area contributed by atoms with Gasteiger partial charge in [0.1, 0.15) is 0 Å². The summed E-state index contributed by atoms with van der Waals surface area (Å²) in [5, 5.41) is 2.19. The molecule has 0 unspecified atom stereocenters. The summed E-state index contributed by atoms with van der Waals surface area (Å²) in [6.45, 7) is 46.3. The van der Waals surface area contributed by atoms with Crippen molar-refractivity contribution in [2.75, 3.05) is 5.90 Å². The fourth-order valence-electron chi connectivity index (χ4n) is 8.74. The third kappa shape index (κ3) is 4.48. The zero-order chi connectivity index (χ0) is 22.7. The quantitative estimate of drug-likeness (QED) is 0.390. The van der Waals surface area contributed by atoms with E-state index in [4.69, 9.17) is 0 Å². The fourth-order valence-corrected chi connectivity index (χ4v) is 38.1. The molecule has 0 nitrogen and oxygen atoms in total. The topological polar surface area (TPSA) is 0 Å². The average molecular weight is 421 g/mol. The van der Waals surface area contributed by atoms with Crippen molar-refractivity contribution in [1.29, 1.82) is 0 Å². The molecule has 0 saturated heterocycles. The summed E-state index contributed by atoms with van der Waals surface area (Å²) < 4.78 is 0. The van der Waals surface area contributed by atoms with Crippen LogP contribution in [0, 0.1) is 0 Å². The third-order valence-electron chi connectivity index (χ3n) is 8.21. The molecule has 0 saturated carbocycles. The third-order valence-corrected chi connectivity index (χ3v) is 27.8. The van der Waals surface area contributed by atoms with Gasteiger partial charge in [-0.2, -0.15) is 0 Å². The Morgan fingerprint density at radius 3 is 0.481 bits per heavy atom. The van der Waals surface area contributed by atoms with Gasteiger partial charge in [-0.1, -0.05) is 0 Å². The van der Waals surface area contributed by atoms with E-state index >= 15 is 0 Å². The van der Waals surface area contributed by atoms with Crippen LogP contribution in [0.2, 0.25) is 0 Å². The van der Waals surface area contributed by atoms with Crippen LogP contribution in [0.3, 0.4) is 0 Å². The van der Waals surface area contributed by atoms with Crippen LogP contribution in [0.25, 0.3) is 0 Å². The molecule has 2 heteroatoms. The van der Waals surface area contributed by atoms with Crippen molar-refractivity contribution < 1.29 is 0 Å². The van der Waals surface area contributed by atoms with Gasteiger partial charge in [0, 0.05) is 0 Å². The molecule has 27 heavy (non-hydrogen) atoms. The zero-order valence-corrected chi connectivity index (χ0v) is 24.7. The molecule has 0 aromatic heterocycles. The molecule has 0 atom stereocenters. The van der Waals surface area contributed by atoms with Crippen LogP contribution in [0.4, 0.5) is 0 Å². The van der Waals surface area contributed by atoms with E-state index < -0.39 is 14.5 Å². The van der Waals surface area contributed by atoms with Gasteiger partial charge in [-0.15, -0.1) is 0 Å². The Labute approximate surface area is 176 Å². The fraction of sp³-hybridized carbons (Fsp3) is 1.00. The first-order valence-electron chi connectivity index (χ1n) is 11.2. The number of hydrogen-bond acceptors (Lipinski definition) is 0. The van der Waals surface area contributed by atoms with Gasteiger partial charge in [0.25, 0.3) is 0 Å². The van der Waals surface area contributed by atoms with E-state index in [1.54, 1.807) is 0 Å². The van der Waals surface area contributed by atoms with Gasteiger partial charge in [-0.3, -0.25) is 0 Å². The molecular weight excluding hydrogens is 362 g/mol. The van der Waals surface area contributed by atoms with Crippen LogP contribution >= 0.6 is 14.5 Å². The van der Waals surface area contributed by atoms with Crippen molar-refractivity contribution in [3.05, 3.63) is 0 Å². The summed E-state index contributed by atoms with van der Waals surface area (Å²) in [5.74, 6) is 1.51. The van der Waals surface area contributed by atoms with Gasteiger partial charge >= 0.3 is 176 Å². The minimum absolute atomic E-state index is 0.365. The summed E-state index contributed by atoms with van der Waals surface area (Å²) in [5.41, 5.74) is 0. The van der Waals surface area contributed by atoms with E-state index in [0.29, 0.717) is 30.9 Å². The van der Waals surface area contributed by atoms with Gasteiger partial charge in [0.15, 0.2) is 0 Å². The Balaban J connectivity index is 7.45. The first kappa shape index (κ1) is 27.9.